The molecule has 2 heteroatoms. The minimum atomic E-state index is 0.687. The Labute approximate surface area is 122 Å². The first-order valence-electron chi connectivity index (χ1n) is 7.81. The molecule has 106 valence electrons. The van der Waals surface area contributed by atoms with E-state index in [4.69, 9.17) is 0 Å². The molecular formula is C17H27NS. The number of hydrogen-bond donors (Lipinski definition) is 1. The van der Waals surface area contributed by atoms with Crippen molar-refractivity contribution in [1.82, 2.24) is 0 Å². The van der Waals surface area contributed by atoms with Crippen LogP contribution >= 0.6 is 11.8 Å². The Balaban J connectivity index is 1.88. The highest BCUT2D eigenvalue weighted by atomic mass is 32.2. The van der Waals surface area contributed by atoms with Crippen LogP contribution in [0.5, 0.6) is 0 Å². The predicted molar refractivity (Wildman–Crippen MR) is 87.1 cm³/mol. The number of rotatable bonds is 6. The van der Waals surface area contributed by atoms with Crippen LogP contribution in [0.1, 0.15) is 52.4 Å². The Morgan fingerprint density at radius 3 is 2.53 bits per heavy atom. The van der Waals surface area contributed by atoms with Gasteiger partial charge in [0.05, 0.1) is 0 Å². The zero-order valence-electron chi connectivity index (χ0n) is 12.3. The zero-order chi connectivity index (χ0) is 13.5. The summed E-state index contributed by atoms with van der Waals surface area (Å²) in [6, 6.07) is 9.44. The molecule has 0 saturated heterocycles. The van der Waals surface area contributed by atoms with Gasteiger partial charge >= 0.3 is 0 Å². The van der Waals surface area contributed by atoms with Gasteiger partial charge in [-0.3, -0.25) is 0 Å². The van der Waals surface area contributed by atoms with Gasteiger partial charge in [-0.2, -0.15) is 0 Å². The van der Waals surface area contributed by atoms with E-state index in [-0.39, 0.29) is 0 Å². The molecule has 0 unspecified atom stereocenters. The van der Waals surface area contributed by atoms with E-state index in [1.165, 1.54) is 49.1 Å². The quantitative estimate of drug-likeness (QED) is 0.682. The summed E-state index contributed by atoms with van der Waals surface area (Å²) in [5.41, 5.74) is 1.34. The van der Waals surface area contributed by atoms with E-state index in [1.54, 1.807) is 0 Å². The van der Waals surface area contributed by atoms with Crippen LogP contribution in [-0.2, 0) is 0 Å². The SMILES string of the molecule is CCCC1CCC(Nc2ccccc2SCC)CC1. The molecule has 0 atom stereocenters. The van der Waals surface area contributed by atoms with Crippen LogP contribution in [0.2, 0.25) is 0 Å². The molecule has 1 N–H and O–H groups in total. The molecule has 19 heavy (non-hydrogen) atoms. The highest BCUT2D eigenvalue weighted by molar-refractivity contribution is 7.99. The number of hydrogen-bond acceptors (Lipinski definition) is 2. The minimum Gasteiger partial charge on any atom is -0.381 e. The molecule has 0 aliphatic heterocycles. The lowest BCUT2D eigenvalue weighted by Crippen LogP contribution is -2.26. The number of nitrogens with one attached hydrogen (secondary N) is 1. The smallest absolute Gasteiger partial charge is 0.0480 e. The van der Waals surface area contributed by atoms with E-state index in [9.17, 15) is 0 Å². The normalized spacial score (nSPS) is 23.3. The summed E-state index contributed by atoms with van der Waals surface area (Å²) in [5.74, 6) is 2.13. The molecule has 1 aliphatic carbocycles. The molecule has 0 radical (unpaired) electrons. The molecule has 0 aromatic heterocycles. The van der Waals surface area contributed by atoms with Gasteiger partial charge in [0.1, 0.15) is 0 Å². The molecule has 0 spiro atoms. The van der Waals surface area contributed by atoms with Crippen LogP contribution < -0.4 is 5.32 Å². The zero-order valence-corrected chi connectivity index (χ0v) is 13.1. The van der Waals surface area contributed by atoms with Crippen LogP contribution in [0.25, 0.3) is 0 Å². The summed E-state index contributed by atoms with van der Waals surface area (Å²) >= 11 is 1.94. The summed E-state index contributed by atoms with van der Waals surface area (Å²) in [4.78, 5) is 1.40. The largest absolute Gasteiger partial charge is 0.381 e. The third kappa shape index (κ3) is 4.45. The summed E-state index contributed by atoms with van der Waals surface area (Å²) in [6.45, 7) is 4.53. The van der Waals surface area contributed by atoms with E-state index in [1.807, 2.05) is 11.8 Å². The van der Waals surface area contributed by atoms with Crippen LogP contribution in [-0.4, -0.2) is 11.8 Å². The second kappa shape index (κ2) is 7.84. The van der Waals surface area contributed by atoms with Gasteiger partial charge in [0.2, 0.25) is 0 Å². The van der Waals surface area contributed by atoms with Crippen LogP contribution in [0, 0.1) is 5.92 Å². The molecule has 1 saturated carbocycles. The number of para-hydroxylation sites is 1. The van der Waals surface area contributed by atoms with E-state index in [0.29, 0.717) is 6.04 Å². The van der Waals surface area contributed by atoms with Gasteiger partial charge < -0.3 is 5.32 Å². The van der Waals surface area contributed by atoms with Gasteiger partial charge in [-0.25, -0.2) is 0 Å². The first kappa shape index (κ1) is 14.8. The Morgan fingerprint density at radius 1 is 1.11 bits per heavy atom. The Morgan fingerprint density at radius 2 is 1.84 bits per heavy atom. The second-order valence-corrected chi connectivity index (χ2v) is 6.89. The monoisotopic (exact) mass is 277 g/mol. The number of thioether (sulfide) groups is 1. The Kier molecular flexibility index (Phi) is 6.09. The second-order valence-electron chi connectivity index (χ2n) is 5.58. The van der Waals surface area contributed by atoms with Crippen molar-refractivity contribution < 1.29 is 0 Å². The van der Waals surface area contributed by atoms with Gasteiger partial charge in [-0.15, -0.1) is 11.8 Å². The molecule has 0 heterocycles. The molecule has 1 aromatic rings. The maximum absolute atomic E-state index is 3.78. The third-order valence-electron chi connectivity index (χ3n) is 4.09. The minimum absolute atomic E-state index is 0.687. The Bertz CT molecular complexity index is 369. The lowest BCUT2D eigenvalue weighted by molar-refractivity contribution is 0.319. The van der Waals surface area contributed by atoms with E-state index in [0.717, 1.165) is 11.7 Å². The molecule has 2 rings (SSSR count). The molecule has 1 aromatic carbocycles. The maximum atomic E-state index is 3.78. The van der Waals surface area contributed by atoms with Crippen LogP contribution in [0.15, 0.2) is 29.2 Å². The lowest BCUT2D eigenvalue weighted by Gasteiger charge is -2.30. The first-order valence-corrected chi connectivity index (χ1v) is 8.80. The van der Waals surface area contributed by atoms with Gasteiger partial charge in [-0.05, 0) is 49.5 Å². The van der Waals surface area contributed by atoms with Crippen molar-refractivity contribution in [3.05, 3.63) is 24.3 Å². The predicted octanol–water partition coefficient (Wildman–Crippen LogP) is 5.57. The van der Waals surface area contributed by atoms with Crippen molar-refractivity contribution in [2.75, 3.05) is 11.1 Å². The molecule has 0 bridgehead atoms. The fourth-order valence-electron chi connectivity index (χ4n) is 3.09. The van der Waals surface area contributed by atoms with Crippen molar-refractivity contribution in [2.24, 2.45) is 5.92 Å². The standard InChI is InChI=1S/C17H27NS/c1-3-7-14-10-12-15(13-11-14)18-16-8-5-6-9-17(16)19-4-2/h5-6,8-9,14-15,18H,3-4,7,10-13H2,1-2H3. The van der Waals surface area contributed by atoms with E-state index < -0.39 is 0 Å². The Hall–Kier alpha value is -0.630. The summed E-state index contributed by atoms with van der Waals surface area (Å²) in [5, 5.41) is 3.78. The van der Waals surface area contributed by atoms with Crippen molar-refractivity contribution in [1.29, 1.82) is 0 Å². The van der Waals surface area contributed by atoms with Crippen LogP contribution in [0.3, 0.4) is 0 Å². The van der Waals surface area contributed by atoms with Crippen molar-refractivity contribution >= 4 is 17.4 Å². The summed E-state index contributed by atoms with van der Waals surface area (Å²) in [6.07, 6.45) is 8.28. The number of anilines is 1. The van der Waals surface area contributed by atoms with Crippen molar-refractivity contribution in [3.63, 3.8) is 0 Å². The van der Waals surface area contributed by atoms with Gasteiger partial charge in [0, 0.05) is 16.6 Å². The highest BCUT2D eigenvalue weighted by Gasteiger charge is 2.20. The van der Waals surface area contributed by atoms with Gasteiger partial charge in [0.25, 0.3) is 0 Å². The fourth-order valence-corrected chi connectivity index (χ4v) is 3.86. The molecule has 1 fully saturated rings. The van der Waals surface area contributed by atoms with Gasteiger partial charge in [0.15, 0.2) is 0 Å². The van der Waals surface area contributed by atoms with Crippen molar-refractivity contribution in [2.45, 2.75) is 63.3 Å². The maximum Gasteiger partial charge on any atom is 0.0480 e. The highest BCUT2D eigenvalue weighted by Crippen LogP contribution is 2.32. The molecule has 1 nitrogen and oxygen atoms in total. The molecule has 0 amide bonds. The summed E-state index contributed by atoms with van der Waals surface area (Å²) in [7, 11) is 0. The summed E-state index contributed by atoms with van der Waals surface area (Å²) < 4.78 is 0. The fraction of sp³-hybridized carbons (Fsp3) is 0.647. The van der Waals surface area contributed by atoms with Crippen molar-refractivity contribution in [3.8, 4) is 0 Å². The van der Waals surface area contributed by atoms with E-state index >= 15 is 0 Å². The van der Waals surface area contributed by atoms with E-state index in [2.05, 4.69) is 43.4 Å². The average molecular weight is 277 g/mol. The third-order valence-corrected chi connectivity index (χ3v) is 5.05. The first-order chi connectivity index (χ1) is 9.33. The number of benzene rings is 1. The lowest BCUT2D eigenvalue weighted by atomic mass is 9.83. The van der Waals surface area contributed by atoms with Gasteiger partial charge in [-0.1, -0.05) is 38.8 Å². The molecule has 1 aliphatic rings. The van der Waals surface area contributed by atoms with Crippen LogP contribution in [0.4, 0.5) is 5.69 Å². The topological polar surface area (TPSA) is 12.0 Å². The molecular weight excluding hydrogens is 250 g/mol. The average Bonchev–Trinajstić information content (AvgIpc) is 2.44.